The molecule has 4 rings (SSSR count). The van der Waals surface area contributed by atoms with Crippen molar-refractivity contribution in [2.45, 2.75) is 39.2 Å². The molecule has 0 radical (unpaired) electrons. The molecule has 3 heterocycles. The fourth-order valence-electron chi connectivity index (χ4n) is 3.95. The van der Waals surface area contributed by atoms with Crippen LogP contribution in [0.4, 0.5) is 0 Å². The molecular formula is C23H25N3O2S2. The number of thiazole rings is 1. The van der Waals surface area contributed by atoms with Crippen LogP contribution in [0.3, 0.4) is 0 Å². The molecule has 0 spiro atoms. The van der Waals surface area contributed by atoms with Crippen molar-refractivity contribution in [2.24, 2.45) is 0 Å². The minimum absolute atomic E-state index is 0.0186. The summed E-state index contributed by atoms with van der Waals surface area (Å²) >= 11 is 3.38. The van der Waals surface area contributed by atoms with Gasteiger partial charge in [0.25, 0.3) is 0 Å². The van der Waals surface area contributed by atoms with Crippen LogP contribution in [0.25, 0.3) is 10.6 Å². The van der Waals surface area contributed by atoms with Crippen LogP contribution in [0.1, 0.15) is 40.4 Å². The average molecular weight is 440 g/mol. The highest BCUT2D eigenvalue weighted by Gasteiger charge is 2.30. The predicted molar refractivity (Wildman–Crippen MR) is 122 cm³/mol. The van der Waals surface area contributed by atoms with E-state index in [1.54, 1.807) is 29.6 Å². The first-order chi connectivity index (χ1) is 14.5. The number of fused-ring (bicyclic) bond motifs is 1. The standard InChI is InChI=1S/C23H25N3O2S2/c1-15-25-20(14-29-15)22-8-7-18(30-22)9-11-24-23(28)13-21-19-6-4-3-5-17(19)10-12-26(21)16(2)27/h3-8,14,21H,9-13H2,1-2H3,(H,24,28). The monoisotopic (exact) mass is 439 g/mol. The maximum absolute atomic E-state index is 12.7. The minimum atomic E-state index is -0.186. The Morgan fingerprint density at radius 2 is 2.07 bits per heavy atom. The summed E-state index contributed by atoms with van der Waals surface area (Å²) in [6, 6.07) is 12.1. The van der Waals surface area contributed by atoms with E-state index >= 15 is 0 Å². The van der Waals surface area contributed by atoms with E-state index in [1.807, 2.05) is 30.0 Å². The van der Waals surface area contributed by atoms with E-state index in [0.29, 0.717) is 19.5 Å². The molecule has 1 aliphatic rings. The number of rotatable bonds is 6. The third-order valence-corrected chi connectivity index (χ3v) is 7.36. The largest absolute Gasteiger partial charge is 0.356 e. The summed E-state index contributed by atoms with van der Waals surface area (Å²) < 4.78 is 0. The summed E-state index contributed by atoms with van der Waals surface area (Å²) in [5.74, 6) is 0.000512. The Kier molecular flexibility index (Phi) is 6.29. The van der Waals surface area contributed by atoms with Crippen molar-refractivity contribution in [3.63, 3.8) is 0 Å². The van der Waals surface area contributed by atoms with Crippen LogP contribution in [0, 0.1) is 6.92 Å². The highest BCUT2D eigenvalue weighted by atomic mass is 32.1. The molecule has 5 nitrogen and oxygen atoms in total. The predicted octanol–water partition coefficient (Wildman–Crippen LogP) is 4.37. The second kappa shape index (κ2) is 9.10. The number of nitrogens with one attached hydrogen (secondary N) is 1. The van der Waals surface area contributed by atoms with Crippen LogP contribution in [0.15, 0.2) is 41.8 Å². The molecule has 30 heavy (non-hydrogen) atoms. The van der Waals surface area contributed by atoms with Gasteiger partial charge in [-0.05, 0) is 43.0 Å². The first kappa shape index (κ1) is 20.8. The van der Waals surface area contributed by atoms with Crippen LogP contribution in [0.5, 0.6) is 0 Å². The van der Waals surface area contributed by atoms with Gasteiger partial charge in [0.05, 0.1) is 28.0 Å². The number of benzene rings is 1. The molecule has 1 aliphatic heterocycles. The third kappa shape index (κ3) is 4.63. The summed E-state index contributed by atoms with van der Waals surface area (Å²) in [6.45, 7) is 4.84. The lowest BCUT2D eigenvalue weighted by Gasteiger charge is -2.36. The molecule has 0 saturated heterocycles. The Balaban J connectivity index is 1.34. The second-order valence-corrected chi connectivity index (χ2v) is 9.73. The van der Waals surface area contributed by atoms with Crippen molar-refractivity contribution < 1.29 is 9.59 Å². The first-order valence-electron chi connectivity index (χ1n) is 10.1. The molecule has 0 aliphatic carbocycles. The molecule has 0 fully saturated rings. The summed E-state index contributed by atoms with van der Waals surface area (Å²) in [7, 11) is 0. The second-order valence-electron chi connectivity index (χ2n) is 7.50. The summed E-state index contributed by atoms with van der Waals surface area (Å²) in [4.78, 5) is 33.5. The molecule has 2 aromatic heterocycles. The Hall–Kier alpha value is -2.51. The third-order valence-electron chi connectivity index (χ3n) is 5.42. The van der Waals surface area contributed by atoms with Crippen molar-refractivity contribution in [3.05, 3.63) is 62.8 Å². The van der Waals surface area contributed by atoms with Gasteiger partial charge in [-0.25, -0.2) is 4.98 Å². The molecule has 1 unspecified atom stereocenters. The summed E-state index contributed by atoms with van der Waals surface area (Å²) in [5, 5.41) is 6.18. The molecule has 7 heteroatoms. The van der Waals surface area contributed by atoms with Gasteiger partial charge in [0.15, 0.2) is 0 Å². The number of aromatic nitrogens is 1. The van der Waals surface area contributed by atoms with Crippen LogP contribution < -0.4 is 5.32 Å². The number of nitrogens with zero attached hydrogens (tertiary/aromatic N) is 2. The van der Waals surface area contributed by atoms with E-state index < -0.39 is 0 Å². The zero-order valence-electron chi connectivity index (χ0n) is 17.2. The highest BCUT2D eigenvalue weighted by Crippen LogP contribution is 2.32. The number of hydrogen-bond donors (Lipinski definition) is 1. The van der Waals surface area contributed by atoms with Gasteiger partial charge in [-0.2, -0.15) is 0 Å². The molecule has 2 amide bonds. The van der Waals surface area contributed by atoms with Gasteiger partial charge >= 0.3 is 0 Å². The normalized spacial score (nSPS) is 15.7. The minimum Gasteiger partial charge on any atom is -0.356 e. The van der Waals surface area contributed by atoms with Gasteiger partial charge in [-0.1, -0.05) is 24.3 Å². The Morgan fingerprint density at radius 1 is 1.23 bits per heavy atom. The number of hydrogen-bond acceptors (Lipinski definition) is 5. The quantitative estimate of drug-likeness (QED) is 0.620. The highest BCUT2D eigenvalue weighted by molar-refractivity contribution is 7.16. The van der Waals surface area contributed by atoms with Crippen LogP contribution in [-0.4, -0.2) is 34.8 Å². The number of thiophene rings is 1. The molecule has 0 bridgehead atoms. The van der Waals surface area contributed by atoms with Gasteiger partial charge < -0.3 is 10.2 Å². The molecule has 3 aromatic rings. The van der Waals surface area contributed by atoms with E-state index in [1.165, 1.54) is 10.4 Å². The lowest BCUT2D eigenvalue weighted by molar-refractivity contribution is -0.133. The topological polar surface area (TPSA) is 62.3 Å². The van der Waals surface area contributed by atoms with Gasteiger partial charge in [0.2, 0.25) is 11.8 Å². The SMILES string of the molecule is CC(=O)N1CCc2ccccc2C1CC(=O)NCCc1ccc(-c2csc(C)n2)s1. The van der Waals surface area contributed by atoms with Crippen molar-refractivity contribution in [1.29, 1.82) is 0 Å². The Morgan fingerprint density at radius 3 is 2.83 bits per heavy atom. The van der Waals surface area contributed by atoms with Crippen LogP contribution in [0.2, 0.25) is 0 Å². The lowest BCUT2D eigenvalue weighted by atomic mass is 9.90. The number of amides is 2. The van der Waals surface area contributed by atoms with Gasteiger partial charge in [-0.15, -0.1) is 22.7 Å². The Labute approximate surface area is 184 Å². The molecule has 156 valence electrons. The zero-order chi connectivity index (χ0) is 21.1. The fraction of sp³-hybridized carbons (Fsp3) is 0.348. The van der Waals surface area contributed by atoms with Crippen LogP contribution >= 0.6 is 22.7 Å². The van der Waals surface area contributed by atoms with Gasteiger partial charge in [-0.3, -0.25) is 9.59 Å². The van der Waals surface area contributed by atoms with E-state index in [0.717, 1.165) is 34.0 Å². The average Bonchev–Trinajstić information content (AvgIpc) is 3.37. The number of carbonyl (C=O) groups excluding carboxylic acids is 2. The molecule has 0 saturated carbocycles. The molecular weight excluding hydrogens is 414 g/mol. The smallest absolute Gasteiger partial charge is 0.222 e. The lowest BCUT2D eigenvalue weighted by Crippen LogP contribution is -2.41. The van der Waals surface area contributed by atoms with E-state index in [9.17, 15) is 9.59 Å². The van der Waals surface area contributed by atoms with Crippen molar-refractivity contribution in [2.75, 3.05) is 13.1 Å². The molecule has 1 aromatic carbocycles. The molecule has 1 atom stereocenters. The van der Waals surface area contributed by atoms with Crippen LogP contribution in [-0.2, 0) is 22.4 Å². The number of aryl methyl sites for hydroxylation is 1. The Bertz CT molecular complexity index is 1060. The summed E-state index contributed by atoms with van der Waals surface area (Å²) in [6.07, 6.45) is 1.93. The zero-order valence-corrected chi connectivity index (χ0v) is 18.8. The van der Waals surface area contributed by atoms with Crippen molar-refractivity contribution in [1.82, 2.24) is 15.2 Å². The molecule has 1 N–H and O–H groups in total. The van der Waals surface area contributed by atoms with E-state index in [-0.39, 0.29) is 17.9 Å². The number of carbonyl (C=O) groups is 2. The van der Waals surface area contributed by atoms with Gasteiger partial charge in [0, 0.05) is 30.3 Å². The van der Waals surface area contributed by atoms with Gasteiger partial charge in [0.1, 0.15) is 0 Å². The van der Waals surface area contributed by atoms with Crippen molar-refractivity contribution >= 4 is 34.5 Å². The fourth-order valence-corrected chi connectivity index (χ4v) is 5.60. The first-order valence-corrected chi connectivity index (χ1v) is 11.8. The maximum atomic E-state index is 12.7. The maximum Gasteiger partial charge on any atom is 0.222 e. The van der Waals surface area contributed by atoms with E-state index in [2.05, 4.69) is 33.9 Å². The van der Waals surface area contributed by atoms with Crippen molar-refractivity contribution in [3.8, 4) is 10.6 Å². The summed E-state index contributed by atoms with van der Waals surface area (Å²) in [5.41, 5.74) is 3.35. The van der Waals surface area contributed by atoms with E-state index in [4.69, 9.17) is 0 Å².